The van der Waals surface area contributed by atoms with Crippen LogP contribution in [-0.4, -0.2) is 48.7 Å². The number of aromatic nitrogens is 1. The number of methoxy groups -OCH3 is 1. The fraction of sp³-hybridized carbons (Fsp3) is 0.308. The molecule has 0 bridgehead atoms. The van der Waals surface area contributed by atoms with Crippen LogP contribution in [0.4, 0.5) is 0 Å². The second kappa shape index (κ2) is 9.95. The van der Waals surface area contributed by atoms with Crippen LogP contribution in [0.2, 0.25) is 0 Å². The molecule has 1 fully saturated rings. The highest BCUT2D eigenvalue weighted by atomic mass is 32.2. The highest BCUT2D eigenvalue weighted by molar-refractivity contribution is 7.89. The number of carbonyl (C=O) groups excluding carboxylic acids is 1. The fourth-order valence-electron chi connectivity index (χ4n) is 4.03. The summed E-state index contributed by atoms with van der Waals surface area (Å²) in [5, 5.41) is 0. The van der Waals surface area contributed by atoms with Gasteiger partial charge in [0.15, 0.2) is 0 Å². The van der Waals surface area contributed by atoms with Gasteiger partial charge in [-0.2, -0.15) is 4.31 Å². The Balaban J connectivity index is 1.66. The first-order chi connectivity index (χ1) is 16.3. The molecule has 1 atom stereocenters. The van der Waals surface area contributed by atoms with E-state index in [0.29, 0.717) is 5.56 Å². The van der Waals surface area contributed by atoms with E-state index in [1.807, 2.05) is 60.4 Å². The molecule has 34 heavy (non-hydrogen) atoms. The van der Waals surface area contributed by atoms with E-state index >= 15 is 0 Å². The van der Waals surface area contributed by atoms with Gasteiger partial charge in [-0.15, -0.1) is 0 Å². The Morgan fingerprint density at radius 2 is 1.79 bits per heavy atom. The van der Waals surface area contributed by atoms with E-state index in [2.05, 4.69) is 4.98 Å². The molecule has 0 aliphatic heterocycles. The Kier molecular flexibility index (Phi) is 7.00. The van der Waals surface area contributed by atoms with Gasteiger partial charge in [0.05, 0.1) is 18.8 Å². The summed E-state index contributed by atoms with van der Waals surface area (Å²) in [7, 11) is -0.966. The average molecular weight is 480 g/mol. The largest absolute Gasteiger partial charge is 0.495 e. The van der Waals surface area contributed by atoms with Crippen LogP contribution in [0.15, 0.2) is 77.8 Å². The van der Waals surface area contributed by atoms with Crippen LogP contribution in [0, 0.1) is 0 Å². The first kappa shape index (κ1) is 23.9. The Morgan fingerprint density at radius 3 is 2.41 bits per heavy atom. The van der Waals surface area contributed by atoms with Gasteiger partial charge in [-0.25, -0.2) is 8.42 Å². The zero-order valence-electron chi connectivity index (χ0n) is 19.6. The van der Waals surface area contributed by atoms with Crippen molar-refractivity contribution in [1.82, 2.24) is 14.2 Å². The van der Waals surface area contributed by atoms with Gasteiger partial charge in [-0.05, 0) is 55.7 Å². The van der Waals surface area contributed by atoms with Crippen LogP contribution in [-0.2, 0) is 16.6 Å². The quantitative estimate of drug-likeness (QED) is 0.458. The van der Waals surface area contributed by atoms with Crippen molar-refractivity contribution in [3.05, 3.63) is 89.7 Å². The Labute approximate surface area is 201 Å². The molecule has 4 rings (SSSR count). The molecule has 7 nitrogen and oxygen atoms in total. The second-order valence-electron chi connectivity index (χ2n) is 8.49. The molecule has 1 aliphatic carbocycles. The maximum absolute atomic E-state index is 13.6. The van der Waals surface area contributed by atoms with E-state index < -0.39 is 10.0 Å². The van der Waals surface area contributed by atoms with Crippen molar-refractivity contribution in [3.8, 4) is 5.75 Å². The number of nitrogens with zero attached hydrogens (tertiary/aromatic N) is 3. The van der Waals surface area contributed by atoms with Gasteiger partial charge in [-0.1, -0.05) is 36.4 Å². The lowest BCUT2D eigenvalue weighted by molar-refractivity contribution is 0.0670. The molecular weight excluding hydrogens is 450 g/mol. The van der Waals surface area contributed by atoms with Gasteiger partial charge >= 0.3 is 0 Å². The number of sulfonamides is 1. The molecule has 0 radical (unpaired) electrons. The number of carbonyl (C=O) groups is 1. The van der Waals surface area contributed by atoms with Gasteiger partial charge in [0.25, 0.3) is 5.91 Å². The normalized spacial score (nSPS) is 14.6. The lowest BCUT2D eigenvalue weighted by Crippen LogP contribution is -2.36. The van der Waals surface area contributed by atoms with Crippen LogP contribution in [0.25, 0.3) is 0 Å². The SMILES string of the molecule is COc1ccc(C(=O)N(C2CC2)C(C)c2ccccn2)cc1S(=O)(=O)N(C)Cc1ccccc1. The number of benzene rings is 2. The number of amides is 1. The Morgan fingerprint density at radius 1 is 1.09 bits per heavy atom. The third-order valence-corrected chi connectivity index (χ3v) is 7.88. The highest BCUT2D eigenvalue weighted by Crippen LogP contribution is 2.36. The smallest absolute Gasteiger partial charge is 0.254 e. The number of hydrogen-bond donors (Lipinski definition) is 0. The van der Waals surface area contributed by atoms with Crippen molar-refractivity contribution in [2.75, 3.05) is 14.2 Å². The van der Waals surface area contributed by atoms with Crippen molar-refractivity contribution < 1.29 is 17.9 Å². The van der Waals surface area contributed by atoms with Gasteiger partial charge < -0.3 is 9.64 Å². The summed E-state index contributed by atoms with van der Waals surface area (Å²) < 4.78 is 33.6. The summed E-state index contributed by atoms with van der Waals surface area (Å²) in [5.41, 5.74) is 1.97. The van der Waals surface area contributed by atoms with Gasteiger partial charge in [-0.3, -0.25) is 9.78 Å². The summed E-state index contributed by atoms with van der Waals surface area (Å²) in [6, 6.07) is 19.5. The third kappa shape index (κ3) is 4.98. The van der Waals surface area contributed by atoms with E-state index in [1.165, 1.54) is 24.5 Å². The van der Waals surface area contributed by atoms with E-state index in [9.17, 15) is 13.2 Å². The molecule has 0 saturated heterocycles. The van der Waals surface area contributed by atoms with E-state index in [1.54, 1.807) is 18.3 Å². The Hall–Kier alpha value is -3.23. The zero-order valence-corrected chi connectivity index (χ0v) is 20.4. The molecule has 0 N–H and O–H groups in total. The predicted octanol–water partition coefficient (Wildman–Crippen LogP) is 4.28. The molecule has 1 heterocycles. The molecule has 1 unspecified atom stereocenters. The number of rotatable bonds is 9. The fourth-order valence-corrected chi connectivity index (χ4v) is 5.37. The molecule has 2 aromatic carbocycles. The van der Waals surface area contributed by atoms with Gasteiger partial charge in [0, 0.05) is 31.4 Å². The van der Waals surface area contributed by atoms with E-state index in [4.69, 9.17) is 4.74 Å². The first-order valence-electron chi connectivity index (χ1n) is 11.2. The maximum atomic E-state index is 13.6. The Bertz CT molecular complexity index is 1250. The summed E-state index contributed by atoms with van der Waals surface area (Å²) in [6.45, 7) is 2.16. The summed E-state index contributed by atoms with van der Waals surface area (Å²) in [4.78, 5) is 19.8. The molecule has 1 saturated carbocycles. The standard InChI is InChI=1S/C26H29N3O4S/c1-19(23-11-7-8-16-27-23)29(22-13-14-22)26(30)21-12-15-24(33-3)25(17-21)34(31,32)28(2)18-20-9-5-4-6-10-20/h4-12,15-17,19,22H,13-14,18H2,1-3H3. The van der Waals surface area contributed by atoms with Crippen molar-refractivity contribution >= 4 is 15.9 Å². The molecule has 1 aliphatic rings. The average Bonchev–Trinajstić information content (AvgIpc) is 3.70. The maximum Gasteiger partial charge on any atom is 0.254 e. The lowest BCUT2D eigenvalue weighted by atomic mass is 10.1. The van der Waals surface area contributed by atoms with Crippen LogP contribution in [0.3, 0.4) is 0 Å². The summed E-state index contributed by atoms with van der Waals surface area (Å²) in [6.07, 6.45) is 3.55. The van der Waals surface area contributed by atoms with Crippen LogP contribution in [0.1, 0.15) is 47.4 Å². The molecule has 1 amide bonds. The lowest BCUT2D eigenvalue weighted by Gasteiger charge is -2.29. The van der Waals surface area contributed by atoms with Gasteiger partial charge in [0.2, 0.25) is 10.0 Å². The highest BCUT2D eigenvalue weighted by Gasteiger charge is 2.38. The van der Waals surface area contributed by atoms with Crippen molar-refractivity contribution in [3.63, 3.8) is 0 Å². The zero-order chi connectivity index (χ0) is 24.3. The van der Waals surface area contributed by atoms with E-state index in [0.717, 1.165) is 24.1 Å². The second-order valence-corrected chi connectivity index (χ2v) is 10.5. The molecule has 3 aromatic rings. The molecule has 0 spiro atoms. The molecular formula is C26H29N3O4S. The first-order valence-corrected chi connectivity index (χ1v) is 12.7. The van der Waals surface area contributed by atoms with Gasteiger partial charge in [0.1, 0.15) is 10.6 Å². The van der Waals surface area contributed by atoms with Crippen molar-refractivity contribution in [2.45, 2.75) is 43.3 Å². The minimum absolute atomic E-state index is 0.0273. The topological polar surface area (TPSA) is 79.8 Å². The monoisotopic (exact) mass is 479 g/mol. The van der Waals surface area contributed by atoms with Crippen LogP contribution < -0.4 is 4.74 Å². The molecule has 1 aromatic heterocycles. The predicted molar refractivity (Wildman–Crippen MR) is 130 cm³/mol. The number of ether oxygens (including phenoxy) is 1. The van der Waals surface area contributed by atoms with E-state index in [-0.39, 0.29) is 35.2 Å². The van der Waals surface area contributed by atoms with Crippen LogP contribution in [0.5, 0.6) is 5.75 Å². The van der Waals surface area contributed by atoms with Crippen molar-refractivity contribution in [1.29, 1.82) is 0 Å². The summed E-state index contributed by atoms with van der Waals surface area (Å²) in [5.74, 6) is -0.0160. The van der Waals surface area contributed by atoms with Crippen molar-refractivity contribution in [2.24, 2.45) is 0 Å². The van der Waals surface area contributed by atoms with Crippen LogP contribution >= 0.6 is 0 Å². The minimum Gasteiger partial charge on any atom is -0.495 e. The third-order valence-electron chi connectivity index (χ3n) is 6.05. The summed E-state index contributed by atoms with van der Waals surface area (Å²) >= 11 is 0. The number of pyridine rings is 1. The molecule has 178 valence electrons. The minimum atomic E-state index is -3.91. The number of hydrogen-bond acceptors (Lipinski definition) is 5. The molecule has 8 heteroatoms.